The van der Waals surface area contributed by atoms with Gasteiger partial charge in [0.2, 0.25) is 0 Å². The van der Waals surface area contributed by atoms with Gasteiger partial charge in [0.15, 0.2) is 23.6 Å². The van der Waals surface area contributed by atoms with Crippen LogP contribution in [0.4, 0.5) is 0 Å². The van der Waals surface area contributed by atoms with E-state index in [1.165, 1.54) is 6.42 Å². The predicted octanol–water partition coefficient (Wildman–Crippen LogP) is -3.87. The third kappa shape index (κ3) is 84.8. The molecular formula is C14H51N5O24P8. The maximum Gasteiger partial charge on any atom is 0.337 e. The molecule has 0 saturated heterocycles. The van der Waals surface area contributed by atoms with Crippen molar-refractivity contribution in [3.05, 3.63) is 0 Å². The predicted molar refractivity (Wildman–Crippen MR) is 181 cm³/mol. The maximum absolute atomic E-state index is 9.85. The summed E-state index contributed by atoms with van der Waals surface area (Å²) in [6.45, 7) is 4.16. The minimum atomic E-state index is -4.55. The van der Waals surface area contributed by atoms with Crippen molar-refractivity contribution in [3.63, 3.8) is 0 Å². The monoisotopic (exact) mass is 921 g/mol. The van der Waals surface area contributed by atoms with E-state index in [0.29, 0.717) is 6.54 Å². The number of hydrogen-bond donors (Lipinski definition) is 21. The highest BCUT2D eigenvalue weighted by atomic mass is 31.3. The van der Waals surface area contributed by atoms with Crippen LogP contribution < -0.4 is 27.8 Å². The lowest BCUT2D eigenvalue weighted by Gasteiger charge is -2.13. The lowest BCUT2D eigenvalue weighted by Crippen LogP contribution is -2.41. The largest absolute Gasteiger partial charge is 0.337 e. The Hall–Kier alpha value is 1.000. The minimum Gasteiger partial charge on any atom is -0.330 e. The van der Waals surface area contributed by atoms with Crippen molar-refractivity contribution in [2.24, 2.45) is 17.2 Å². The maximum atomic E-state index is 9.85. The van der Waals surface area contributed by atoms with E-state index < -0.39 is 84.4 Å². The molecule has 51 heavy (non-hydrogen) atoms. The molecule has 1 atom stereocenters. The van der Waals surface area contributed by atoms with Crippen molar-refractivity contribution in [1.82, 2.24) is 10.6 Å². The van der Waals surface area contributed by atoms with Gasteiger partial charge in [0.25, 0.3) is 0 Å². The number of nitrogens with two attached hydrogens (primary N) is 3. The Morgan fingerprint density at radius 1 is 0.392 bits per heavy atom. The van der Waals surface area contributed by atoms with Crippen molar-refractivity contribution < 1.29 is 115 Å². The molecule has 0 spiro atoms. The topological polar surface area (TPSA) is 562 Å². The molecule has 29 nitrogen and oxygen atoms in total. The molecule has 0 aromatic carbocycles. The first-order valence-corrected chi connectivity index (χ1v) is 27.5. The Kier molecular flexibility index (Phi) is 34.1. The zero-order chi connectivity index (χ0) is 42.2. The fourth-order valence-corrected chi connectivity index (χ4v) is 10.00. The third-order valence-corrected chi connectivity index (χ3v) is 15.5. The molecule has 0 saturated carbocycles. The smallest absolute Gasteiger partial charge is 0.330 e. The van der Waals surface area contributed by atoms with E-state index in [1.54, 1.807) is 0 Å². The van der Waals surface area contributed by atoms with Gasteiger partial charge in [-0.2, -0.15) is 0 Å². The van der Waals surface area contributed by atoms with Crippen LogP contribution in [0.25, 0.3) is 0 Å². The summed E-state index contributed by atoms with van der Waals surface area (Å²) >= 11 is 0. The second-order valence-corrected chi connectivity index (χ2v) is 24.8. The molecule has 0 radical (unpaired) electrons. The van der Waals surface area contributed by atoms with E-state index in [9.17, 15) is 36.5 Å². The van der Waals surface area contributed by atoms with Crippen molar-refractivity contribution in [2.75, 3.05) is 56.3 Å². The van der Waals surface area contributed by atoms with E-state index in [0.717, 1.165) is 45.4 Å². The van der Waals surface area contributed by atoms with Crippen LogP contribution >= 0.6 is 60.8 Å². The normalized spacial score (nSPS) is 13.5. The van der Waals surface area contributed by atoms with Crippen LogP contribution in [0.5, 0.6) is 0 Å². The summed E-state index contributed by atoms with van der Waals surface area (Å²) in [5.74, 6) is -5.50. The first kappa shape index (κ1) is 61.2. The van der Waals surface area contributed by atoms with E-state index in [4.69, 9.17) is 95.5 Å². The van der Waals surface area contributed by atoms with Gasteiger partial charge in [-0.3, -0.25) is 36.5 Å². The van der Waals surface area contributed by atoms with Crippen molar-refractivity contribution >= 4 is 60.8 Å². The van der Waals surface area contributed by atoms with Crippen molar-refractivity contribution in [2.45, 2.75) is 31.8 Å². The number of nitrogens with one attached hydrogen (secondary N) is 2. The van der Waals surface area contributed by atoms with Crippen LogP contribution in [-0.4, -0.2) is 141 Å². The Balaban J connectivity index is -0.000000176. The van der Waals surface area contributed by atoms with Gasteiger partial charge in [-0.1, -0.05) is 12.8 Å². The van der Waals surface area contributed by atoms with Crippen LogP contribution in [0.2, 0.25) is 0 Å². The molecule has 0 aliphatic carbocycles. The van der Waals surface area contributed by atoms with E-state index in [2.05, 4.69) is 10.6 Å². The second kappa shape index (κ2) is 28.4. The zero-order valence-corrected chi connectivity index (χ0v) is 33.7. The molecule has 0 fully saturated rings. The zero-order valence-electron chi connectivity index (χ0n) is 26.5. The van der Waals surface area contributed by atoms with Crippen LogP contribution in [0.15, 0.2) is 0 Å². The highest BCUT2D eigenvalue weighted by molar-refractivity contribution is 7.70. The summed E-state index contributed by atoms with van der Waals surface area (Å²) in [5, 5.41) is 6.47. The van der Waals surface area contributed by atoms with Crippen molar-refractivity contribution in [1.29, 1.82) is 0 Å². The summed E-state index contributed by atoms with van der Waals surface area (Å²) < 4.78 is 78.8. The molecule has 0 bridgehead atoms. The molecule has 24 N–H and O–H groups in total. The SMILES string of the molecule is NCCCCCC(N)NCCNCCN.O=P(O)(O)CP(=O)(O)O.O=P(O)(O)CP(=O)(O)O.O=P(O)(O)CP(=O)(O)O.O=P(O)(O)CP(=O)(O)O. The molecule has 37 heteroatoms. The lowest BCUT2D eigenvalue weighted by molar-refractivity contribution is 0.352. The molecule has 316 valence electrons. The van der Waals surface area contributed by atoms with Crippen LogP contribution in [0.1, 0.15) is 25.7 Å². The van der Waals surface area contributed by atoms with Gasteiger partial charge in [0.1, 0.15) is 0 Å². The van der Waals surface area contributed by atoms with Crippen LogP contribution in [0, 0.1) is 0 Å². The van der Waals surface area contributed by atoms with Gasteiger partial charge in [0, 0.05) is 26.2 Å². The van der Waals surface area contributed by atoms with Gasteiger partial charge in [-0.25, -0.2) is 0 Å². The molecule has 0 aliphatic heterocycles. The molecule has 0 aromatic heterocycles. The molecule has 0 amide bonds. The summed E-state index contributed by atoms with van der Waals surface area (Å²) in [7, 11) is -36.4. The minimum absolute atomic E-state index is 0.113. The standard InChI is InChI=1S/C10H27N5.4CH6O6P2/c11-5-3-1-2-4-10(13)15-9-8-14-7-6-12;4*2-8(3,4)1-9(5,6)7/h10,14-15H,1-9,11-13H2;4*1H2,(H2,2,3,4)(H2,5,6,7). The van der Waals surface area contributed by atoms with Gasteiger partial charge < -0.3 is 106 Å². The van der Waals surface area contributed by atoms with Gasteiger partial charge in [0.05, 0.1) is 6.17 Å². The summed E-state index contributed by atoms with van der Waals surface area (Å²) in [5.41, 5.74) is 16.6. The Bertz CT molecular complexity index is 1040. The molecule has 1 unspecified atom stereocenters. The molecule has 0 heterocycles. The lowest BCUT2D eigenvalue weighted by atomic mass is 10.1. The first-order valence-electron chi connectivity index (χ1n) is 13.1. The highest BCUT2D eigenvalue weighted by Gasteiger charge is 2.29. The van der Waals surface area contributed by atoms with Gasteiger partial charge in [-0.15, -0.1) is 0 Å². The molecular weight excluding hydrogens is 870 g/mol. The fourth-order valence-electron chi connectivity index (χ4n) is 2.32. The van der Waals surface area contributed by atoms with E-state index in [1.807, 2.05) is 0 Å². The van der Waals surface area contributed by atoms with Crippen molar-refractivity contribution in [3.8, 4) is 0 Å². The third-order valence-electron chi connectivity index (χ3n) is 3.72. The number of unbranched alkanes of at least 4 members (excludes halogenated alkanes) is 2. The quantitative estimate of drug-likeness (QED) is 0.0335. The summed E-state index contributed by atoms with van der Waals surface area (Å²) in [4.78, 5) is 128. The van der Waals surface area contributed by atoms with Crippen LogP contribution in [0.3, 0.4) is 0 Å². The summed E-state index contributed by atoms with van der Waals surface area (Å²) in [6, 6.07) is 0. The Morgan fingerprint density at radius 3 is 0.863 bits per heavy atom. The average Bonchev–Trinajstić information content (AvgIpc) is 2.74. The highest BCUT2D eigenvalue weighted by Crippen LogP contribution is 2.53. The number of hydrogen-bond acceptors (Lipinski definition) is 13. The molecule has 0 aromatic rings. The fraction of sp³-hybridized carbons (Fsp3) is 1.00. The first-order chi connectivity index (χ1) is 22.1. The molecule has 0 aliphatic rings. The Morgan fingerprint density at radius 2 is 0.667 bits per heavy atom. The second-order valence-electron chi connectivity index (χ2n) is 9.62. The molecule has 0 rings (SSSR count). The summed E-state index contributed by atoms with van der Waals surface area (Å²) in [6.07, 6.45) is 4.57. The van der Waals surface area contributed by atoms with Gasteiger partial charge in [-0.05, 0) is 19.4 Å². The number of rotatable bonds is 19. The van der Waals surface area contributed by atoms with Gasteiger partial charge >= 0.3 is 60.8 Å². The van der Waals surface area contributed by atoms with Crippen LogP contribution in [-0.2, 0) is 36.5 Å². The van der Waals surface area contributed by atoms with E-state index >= 15 is 0 Å². The Labute approximate surface area is 291 Å². The average molecular weight is 921 g/mol. The van der Waals surface area contributed by atoms with E-state index in [-0.39, 0.29) is 6.17 Å².